The summed E-state index contributed by atoms with van der Waals surface area (Å²) >= 11 is 0. The molecule has 1 aromatic carbocycles. The van der Waals surface area contributed by atoms with E-state index in [4.69, 9.17) is 4.74 Å². The molecule has 1 heterocycles. The number of benzene rings is 1. The van der Waals surface area contributed by atoms with E-state index in [2.05, 4.69) is 39.8 Å². The fourth-order valence-corrected chi connectivity index (χ4v) is 2.35. The van der Waals surface area contributed by atoms with E-state index in [1.165, 1.54) is 16.7 Å². The number of hydrogen-bond acceptors (Lipinski definition) is 1. The molecule has 14 heavy (non-hydrogen) atoms. The highest BCUT2D eigenvalue weighted by molar-refractivity contribution is 5.50. The minimum atomic E-state index is 0.268. The Hall–Kier alpha value is -0.980. The highest BCUT2D eigenvalue weighted by Crippen LogP contribution is 2.41. The van der Waals surface area contributed by atoms with E-state index in [9.17, 15) is 0 Å². The van der Waals surface area contributed by atoms with Gasteiger partial charge >= 0.3 is 0 Å². The van der Waals surface area contributed by atoms with Gasteiger partial charge in [0.25, 0.3) is 0 Å². The van der Waals surface area contributed by atoms with Crippen molar-refractivity contribution in [1.82, 2.24) is 0 Å². The number of aryl methyl sites for hydroxylation is 2. The maximum atomic E-state index is 5.77. The molecule has 1 aromatic rings. The molecule has 0 N–H and O–H groups in total. The second-order valence-electron chi connectivity index (χ2n) is 4.89. The van der Waals surface area contributed by atoms with Crippen LogP contribution in [0.4, 0.5) is 0 Å². The highest BCUT2D eigenvalue weighted by Gasteiger charge is 2.30. The third kappa shape index (κ3) is 1.31. The van der Waals surface area contributed by atoms with Gasteiger partial charge in [-0.05, 0) is 36.8 Å². The molecule has 0 saturated carbocycles. The first kappa shape index (κ1) is 9.57. The number of fused-ring (bicyclic) bond motifs is 1. The van der Waals surface area contributed by atoms with E-state index in [0.717, 1.165) is 18.8 Å². The van der Waals surface area contributed by atoms with Gasteiger partial charge in [-0.2, -0.15) is 0 Å². The molecule has 2 rings (SSSR count). The van der Waals surface area contributed by atoms with Gasteiger partial charge in [0.05, 0.1) is 6.61 Å². The van der Waals surface area contributed by atoms with Gasteiger partial charge in [0.15, 0.2) is 0 Å². The summed E-state index contributed by atoms with van der Waals surface area (Å²) in [5.74, 6) is 1.13. The van der Waals surface area contributed by atoms with Crippen molar-refractivity contribution < 1.29 is 4.74 Å². The molecule has 0 amide bonds. The summed E-state index contributed by atoms with van der Waals surface area (Å²) in [6.07, 6.45) is 1.12. The van der Waals surface area contributed by atoms with Crippen LogP contribution in [0.25, 0.3) is 0 Å². The Morgan fingerprint density at radius 2 is 1.79 bits per heavy atom. The van der Waals surface area contributed by atoms with E-state index in [1.807, 2.05) is 0 Å². The molecule has 0 radical (unpaired) electrons. The van der Waals surface area contributed by atoms with E-state index in [1.54, 1.807) is 0 Å². The van der Waals surface area contributed by atoms with Crippen LogP contribution in [-0.4, -0.2) is 6.61 Å². The van der Waals surface area contributed by atoms with Crippen molar-refractivity contribution in [2.75, 3.05) is 6.61 Å². The van der Waals surface area contributed by atoms with Crippen molar-refractivity contribution in [1.29, 1.82) is 0 Å². The Bertz CT molecular complexity index is 364. The molecule has 0 fully saturated rings. The maximum absolute atomic E-state index is 5.77. The minimum absolute atomic E-state index is 0.268. The first-order valence-corrected chi connectivity index (χ1v) is 5.26. The van der Waals surface area contributed by atoms with E-state index in [0.29, 0.717) is 0 Å². The lowest BCUT2D eigenvalue weighted by molar-refractivity contribution is 0.231. The number of ether oxygens (including phenoxy) is 1. The van der Waals surface area contributed by atoms with Gasteiger partial charge in [-0.25, -0.2) is 0 Å². The quantitative estimate of drug-likeness (QED) is 0.609. The number of rotatable bonds is 0. The monoisotopic (exact) mass is 190 g/mol. The first-order valence-electron chi connectivity index (χ1n) is 5.26. The normalized spacial score (nSPS) is 18.6. The fraction of sp³-hybridized carbons (Fsp3) is 0.538. The lowest BCUT2D eigenvalue weighted by Crippen LogP contribution is -2.28. The van der Waals surface area contributed by atoms with Crippen LogP contribution in [0.3, 0.4) is 0 Å². The Morgan fingerprint density at radius 3 is 2.43 bits per heavy atom. The predicted octanol–water partition coefficient (Wildman–Crippen LogP) is 3.36. The summed E-state index contributed by atoms with van der Waals surface area (Å²) in [6.45, 7) is 9.76. The van der Waals surface area contributed by atoms with Crippen LogP contribution in [0, 0.1) is 13.8 Å². The van der Waals surface area contributed by atoms with Crippen LogP contribution in [0.15, 0.2) is 12.1 Å². The topological polar surface area (TPSA) is 9.23 Å². The lowest BCUT2D eigenvalue weighted by atomic mass is 9.77. The van der Waals surface area contributed by atoms with Gasteiger partial charge in [0.2, 0.25) is 0 Å². The smallest absolute Gasteiger partial charge is 0.126 e. The molecule has 0 bridgehead atoms. The molecule has 1 heteroatoms. The maximum Gasteiger partial charge on any atom is 0.126 e. The van der Waals surface area contributed by atoms with Crippen molar-refractivity contribution >= 4 is 0 Å². The third-order valence-corrected chi connectivity index (χ3v) is 3.21. The average molecular weight is 190 g/mol. The second-order valence-corrected chi connectivity index (χ2v) is 4.89. The SMILES string of the molecule is Cc1ccc(C)c2c1OCCC2(C)C. The molecular weight excluding hydrogens is 172 g/mol. The zero-order chi connectivity index (χ0) is 10.3. The first-order chi connectivity index (χ1) is 6.52. The Kier molecular flexibility index (Phi) is 2.06. The Balaban J connectivity index is 2.67. The van der Waals surface area contributed by atoms with Crippen molar-refractivity contribution in [2.45, 2.75) is 39.5 Å². The van der Waals surface area contributed by atoms with Gasteiger partial charge < -0.3 is 4.74 Å². The molecule has 0 aromatic heterocycles. The fourth-order valence-electron chi connectivity index (χ4n) is 2.35. The van der Waals surface area contributed by atoms with E-state index >= 15 is 0 Å². The van der Waals surface area contributed by atoms with Crippen molar-refractivity contribution in [3.05, 3.63) is 28.8 Å². The molecule has 1 aliphatic heterocycles. The van der Waals surface area contributed by atoms with E-state index in [-0.39, 0.29) is 5.41 Å². The molecule has 1 aliphatic rings. The molecule has 76 valence electrons. The van der Waals surface area contributed by atoms with Crippen LogP contribution in [0.2, 0.25) is 0 Å². The van der Waals surface area contributed by atoms with Crippen molar-refractivity contribution in [3.8, 4) is 5.75 Å². The van der Waals surface area contributed by atoms with Crippen LogP contribution < -0.4 is 4.74 Å². The second kappa shape index (κ2) is 3.01. The van der Waals surface area contributed by atoms with Crippen LogP contribution >= 0.6 is 0 Å². The van der Waals surface area contributed by atoms with Gasteiger partial charge in [0.1, 0.15) is 5.75 Å². The van der Waals surface area contributed by atoms with E-state index < -0.39 is 0 Å². The summed E-state index contributed by atoms with van der Waals surface area (Å²) in [7, 11) is 0. The summed E-state index contributed by atoms with van der Waals surface area (Å²) in [5.41, 5.74) is 4.29. The summed E-state index contributed by atoms with van der Waals surface area (Å²) in [5, 5.41) is 0. The zero-order valence-corrected chi connectivity index (χ0v) is 9.48. The Labute approximate surface area is 86.1 Å². The van der Waals surface area contributed by atoms with Gasteiger partial charge in [-0.15, -0.1) is 0 Å². The predicted molar refractivity (Wildman–Crippen MR) is 59.1 cm³/mol. The standard InChI is InChI=1S/C13H18O/c1-9-5-6-10(2)12-11(9)13(3,4)7-8-14-12/h5-6H,7-8H2,1-4H3. The lowest BCUT2D eigenvalue weighted by Gasteiger charge is -2.34. The highest BCUT2D eigenvalue weighted by atomic mass is 16.5. The van der Waals surface area contributed by atoms with Crippen molar-refractivity contribution in [2.24, 2.45) is 0 Å². The molecule has 0 spiro atoms. The third-order valence-electron chi connectivity index (χ3n) is 3.21. The summed E-state index contributed by atoms with van der Waals surface area (Å²) in [4.78, 5) is 0. The van der Waals surface area contributed by atoms with Crippen LogP contribution in [0.1, 0.15) is 37.0 Å². The largest absolute Gasteiger partial charge is 0.493 e. The van der Waals surface area contributed by atoms with Crippen LogP contribution in [-0.2, 0) is 5.41 Å². The molecule has 0 aliphatic carbocycles. The molecule has 1 nitrogen and oxygen atoms in total. The van der Waals surface area contributed by atoms with Crippen molar-refractivity contribution in [3.63, 3.8) is 0 Å². The molecular formula is C13H18O. The van der Waals surface area contributed by atoms with Gasteiger partial charge in [0, 0.05) is 5.56 Å². The summed E-state index contributed by atoms with van der Waals surface area (Å²) in [6, 6.07) is 4.35. The van der Waals surface area contributed by atoms with Gasteiger partial charge in [-0.1, -0.05) is 26.0 Å². The summed E-state index contributed by atoms with van der Waals surface area (Å²) < 4.78 is 5.77. The zero-order valence-electron chi connectivity index (χ0n) is 9.48. The average Bonchev–Trinajstić information content (AvgIpc) is 2.10. The molecule has 0 saturated heterocycles. The Morgan fingerprint density at radius 1 is 1.14 bits per heavy atom. The van der Waals surface area contributed by atoms with Gasteiger partial charge in [-0.3, -0.25) is 0 Å². The minimum Gasteiger partial charge on any atom is -0.493 e. The molecule has 0 atom stereocenters. The van der Waals surface area contributed by atoms with Crippen LogP contribution in [0.5, 0.6) is 5.75 Å². The molecule has 0 unspecified atom stereocenters. The number of hydrogen-bond donors (Lipinski definition) is 0.